The molecule has 0 unspecified atom stereocenters. The van der Waals surface area contributed by atoms with E-state index in [0.29, 0.717) is 17.3 Å². The maximum Gasteiger partial charge on any atom is 0.169 e. The number of hydrogen-bond acceptors (Lipinski definition) is 6. The molecule has 0 aliphatic rings. The van der Waals surface area contributed by atoms with E-state index in [0.717, 1.165) is 11.0 Å². The topological polar surface area (TPSA) is 84.9 Å². The number of benzene rings is 1. The fourth-order valence-electron chi connectivity index (χ4n) is 2.01. The first-order valence-electron chi connectivity index (χ1n) is 6.13. The van der Waals surface area contributed by atoms with Crippen molar-refractivity contribution in [2.75, 3.05) is 25.3 Å². The number of nitrogen functional groups attached to an aromatic ring is 1. The lowest BCUT2D eigenvalue weighted by Crippen LogP contribution is -2.22. The van der Waals surface area contributed by atoms with E-state index in [1.54, 1.807) is 11.3 Å². The Morgan fingerprint density at radius 3 is 2.75 bits per heavy atom. The third-order valence-electron chi connectivity index (χ3n) is 2.87. The number of hydrogen-bond donors (Lipinski definition) is 2. The molecule has 20 heavy (non-hydrogen) atoms. The van der Waals surface area contributed by atoms with Crippen LogP contribution in [0.1, 0.15) is 0 Å². The van der Waals surface area contributed by atoms with E-state index in [2.05, 4.69) is 20.4 Å². The number of nitrogens with two attached hydrogens (primary N) is 1. The van der Waals surface area contributed by atoms with Gasteiger partial charge in [-0.2, -0.15) is 0 Å². The summed E-state index contributed by atoms with van der Waals surface area (Å²) in [4.78, 5) is 12.8. The maximum absolute atomic E-state index is 6.15. The summed E-state index contributed by atoms with van der Waals surface area (Å²) in [7, 11) is 3.74. The van der Waals surface area contributed by atoms with Gasteiger partial charge in [0.1, 0.15) is 18.3 Å². The van der Waals surface area contributed by atoms with Crippen molar-refractivity contribution >= 4 is 22.5 Å². The normalized spacial score (nSPS) is 11.2. The summed E-state index contributed by atoms with van der Waals surface area (Å²) < 4.78 is 1.85. The summed E-state index contributed by atoms with van der Waals surface area (Å²) in [6.07, 6.45) is 3.19. The highest BCUT2D eigenvalue weighted by Crippen LogP contribution is 2.24. The van der Waals surface area contributed by atoms with E-state index in [4.69, 9.17) is 5.73 Å². The van der Waals surface area contributed by atoms with Gasteiger partial charge in [0.2, 0.25) is 0 Å². The molecule has 7 heteroatoms. The lowest BCUT2D eigenvalue weighted by Gasteiger charge is -2.15. The van der Waals surface area contributed by atoms with Gasteiger partial charge in [0.05, 0.1) is 11.0 Å². The van der Waals surface area contributed by atoms with Crippen molar-refractivity contribution in [1.29, 1.82) is 0 Å². The van der Waals surface area contributed by atoms with Crippen LogP contribution < -0.4 is 11.2 Å². The molecule has 0 saturated heterocycles. The fourth-order valence-corrected chi connectivity index (χ4v) is 2.01. The largest absolute Gasteiger partial charge is 0.393 e. The van der Waals surface area contributed by atoms with Crippen LogP contribution in [0.25, 0.3) is 16.9 Å². The van der Waals surface area contributed by atoms with Crippen LogP contribution in [0.5, 0.6) is 0 Å². The zero-order chi connectivity index (χ0) is 14.1. The second-order valence-electron chi connectivity index (χ2n) is 4.57. The molecule has 0 amide bonds. The first kappa shape index (κ1) is 12.4. The van der Waals surface area contributed by atoms with Crippen molar-refractivity contribution in [3.05, 3.63) is 36.9 Å². The number of aromatic nitrogens is 4. The average Bonchev–Trinajstić information content (AvgIpc) is 2.85. The molecule has 0 aliphatic heterocycles. The minimum absolute atomic E-state index is 0.476. The van der Waals surface area contributed by atoms with Crippen LogP contribution in [0.2, 0.25) is 0 Å². The number of nitrogens with one attached hydrogen (secondary N) is 1. The van der Waals surface area contributed by atoms with Gasteiger partial charge in [-0.1, -0.05) is 12.1 Å². The Morgan fingerprint density at radius 2 is 1.95 bits per heavy atom. The van der Waals surface area contributed by atoms with Gasteiger partial charge in [-0.15, -0.1) is 0 Å². The van der Waals surface area contributed by atoms with Gasteiger partial charge in [0.25, 0.3) is 0 Å². The molecule has 102 valence electrons. The van der Waals surface area contributed by atoms with Crippen LogP contribution >= 0.6 is 0 Å². The number of rotatable bonds is 3. The first-order chi connectivity index (χ1) is 9.66. The molecule has 3 N–H and O–H groups in total. The Kier molecular flexibility index (Phi) is 2.96. The molecule has 0 fully saturated rings. The van der Waals surface area contributed by atoms with Gasteiger partial charge in [-0.3, -0.25) is 4.57 Å². The van der Waals surface area contributed by atoms with Gasteiger partial charge in [0, 0.05) is 14.1 Å². The summed E-state index contributed by atoms with van der Waals surface area (Å²) in [5, 5.41) is 1.77. The SMILES string of the molecule is CN(C)Nc1ncnc(-n2cnc3ccccc32)c1N. The summed E-state index contributed by atoms with van der Waals surface area (Å²) >= 11 is 0. The van der Waals surface area contributed by atoms with Gasteiger partial charge >= 0.3 is 0 Å². The van der Waals surface area contributed by atoms with Crippen molar-refractivity contribution in [3.63, 3.8) is 0 Å². The summed E-state index contributed by atoms with van der Waals surface area (Å²) in [6, 6.07) is 7.82. The minimum Gasteiger partial charge on any atom is -0.393 e. The molecule has 2 aromatic heterocycles. The second kappa shape index (κ2) is 4.78. The Bertz CT molecular complexity index is 747. The van der Waals surface area contributed by atoms with Crippen molar-refractivity contribution in [2.45, 2.75) is 0 Å². The Hall–Kier alpha value is -2.67. The molecule has 0 bridgehead atoms. The van der Waals surface area contributed by atoms with E-state index < -0.39 is 0 Å². The van der Waals surface area contributed by atoms with Crippen LogP contribution in [0, 0.1) is 0 Å². The third-order valence-corrected chi connectivity index (χ3v) is 2.87. The van der Waals surface area contributed by atoms with Crippen LogP contribution in [-0.4, -0.2) is 38.6 Å². The quantitative estimate of drug-likeness (QED) is 0.697. The fraction of sp³-hybridized carbons (Fsp3) is 0.154. The number of fused-ring (bicyclic) bond motifs is 1. The van der Waals surface area contributed by atoms with E-state index in [1.807, 2.05) is 42.9 Å². The molecule has 0 atom stereocenters. The predicted molar refractivity (Wildman–Crippen MR) is 78.4 cm³/mol. The molecule has 7 nitrogen and oxygen atoms in total. The van der Waals surface area contributed by atoms with Gasteiger partial charge in [-0.25, -0.2) is 20.0 Å². The number of anilines is 2. The number of nitrogens with zero attached hydrogens (tertiary/aromatic N) is 5. The van der Waals surface area contributed by atoms with E-state index >= 15 is 0 Å². The highest BCUT2D eigenvalue weighted by Gasteiger charge is 2.12. The van der Waals surface area contributed by atoms with E-state index in [1.165, 1.54) is 6.33 Å². The molecular formula is C13H15N7. The number of para-hydroxylation sites is 2. The van der Waals surface area contributed by atoms with Crippen LogP contribution in [-0.2, 0) is 0 Å². The van der Waals surface area contributed by atoms with Crippen molar-refractivity contribution in [2.24, 2.45) is 0 Å². The van der Waals surface area contributed by atoms with Crippen molar-refractivity contribution < 1.29 is 0 Å². The zero-order valence-corrected chi connectivity index (χ0v) is 11.3. The first-order valence-corrected chi connectivity index (χ1v) is 6.13. The van der Waals surface area contributed by atoms with Gasteiger partial charge < -0.3 is 11.2 Å². The molecule has 0 saturated carbocycles. The lowest BCUT2D eigenvalue weighted by molar-refractivity contribution is 0.492. The Balaban J connectivity index is 2.15. The second-order valence-corrected chi connectivity index (χ2v) is 4.57. The number of hydrazine groups is 1. The molecule has 0 spiro atoms. The smallest absolute Gasteiger partial charge is 0.169 e. The van der Waals surface area contributed by atoms with Gasteiger partial charge in [-0.05, 0) is 12.1 Å². The zero-order valence-electron chi connectivity index (χ0n) is 11.3. The van der Waals surface area contributed by atoms with Crippen LogP contribution in [0.3, 0.4) is 0 Å². The lowest BCUT2D eigenvalue weighted by atomic mass is 10.3. The summed E-state index contributed by atoms with van der Waals surface area (Å²) in [6.45, 7) is 0. The molecule has 2 heterocycles. The van der Waals surface area contributed by atoms with Gasteiger partial charge in [0.15, 0.2) is 11.6 Å². The van der Waals surface area contributed by atoms with Crippen LogP contribution in [0.15, 0.2) is 36.9 Å². The standard InChI is InChI=1S/C13H15N7/c1-19(2)18-12-11(14)13(16-7-15-12)20-8-17-9-5-3-4-6-10(9)20/h3-8H,14H2,1-2H3,(H,15,16,18). The summed E-state index contributed by atoms with van der Waals surface area (Å²) in [5.74, 6) is 1.18. The highest BCUT2D eigenvalue weighted by molar-refractivity contribution is 5.79. The average molecular weight is 269 g/mol. The third kappa shape index (κ3) is 2.04. The van der Waals surface area contributed by atoms with Crippen LogP contribution in [0.4, 0.5) is 11.5 Å². The number of imidazole rings is 1. The Morgan fingerprint density at radius 1 is 1.15 bits per heavy atom. The predicted octanol–water partition coefficient (Wildman–Crippen LogP) is 1.29. The monoisotopic (exact) mass is 269 g/mol. The molecule has 3 rings (SSSR count). The molecule has 0 radical (unpaired) electrons. The molecule has 0 aliphatic carbocycles. The van der Waals surface area contributed by atoms with E-state index in [9.17, 15) is 0 Å². The minimum atomic E-state index is 0.476. The maximum atomic E-state index is 6.15. The molecule has 3 aromatic rings. The van der Waals surface area contributed by atoms with Crippen molar-refractivity contribution in [1.82, 2.24) is 24.5 Å². The summed E-state index contributed by atoms with van der Waals surface area (Å²) in [5.41, 5.74) is 11.5. The van der Waals surface area contributed by atoms with E-state index in [-0.39, 0.29) is 0 Å². The Labute approximate surface area is 116 Å². The molecular weight excluding hydrogens is 254 g/mol. The highest BCUT2D eigenvalue weighted by atomic mass is 15.5. The molecule has 1 aromatic carbocycles. The van der Waals surface area contributed by atoms with Crippen molar-refractivity contribution in [3.8, 4) is 5.82 Å².